The number of aryl methyl sites for hydroxylation is 1. The molecule has 0 bridgehead atoms. The maximum absolute atomic E-state index is 2.31. The zero-order valence-corrected chi connectivity index (χ0v) is 14.1. The second-order valence-electron chi connectivity index (χ2n) is 5.18. The van der Waals surface area contributed by atoms with Crippen LogP contribution in [-0.2, 0) is 6.42 Å². The zero-order chi connectivity index (χ0) is 13.7. The molecule has 0 aliphatic carbocycles. The van der Waals surface area contributed by atoms with Crippen molar-refractivity contribution >= 4 is 0 Å². The monoisotopic (exact) mass is 365 g/mol. The Hall–Kier alpha value is -0.830. The Bertz CT molecular complexity index is 494. The van der Waals surface area contributed by atoms with Crippen LogP contribution in [0.4, 0.5) is 0 Å². The minimum atomic E-state index is -0.0265. The standard InChI is InChI=1S/C18H22I/c1-4-5-15-6-10-17(11-7-15)19-18-12-8-16(9-13-18)14(2)3/h6-14H,4-5H2,1-3H3/q-1. The van der Waals surface area contributed by atoms with E-state index in [-0.39, 0.29) is 21.2 Å². The molecule has 1 heteroatoms. The van der Waals surface area contributed by atoms with Crippen molar-refractivity contribution in [3.05, 3.63) is 66.8 Å². The van der Waals surface area contributed by atoms with Gasteiger partial charge in [0.05, 0.1) is 0 Å². The van der Waals surface area contributed by atoms with Crippen LogP contribution in [0.5, 0.6) is 0 Å². The van der Waals surface area contributed by atoms with E-state index in [1.165, 1.54) is 31.1 Å². The quantitative estimate of drug-likeness (QED) is 0.710. The molecule has 19 heavy (non-hydrogen) atoms. The van der Waals surface area contributed by atoms with Gasteiger partial charge in [0, 0.05) is 0 Å². The molecule has 0 amide bonds. The second-order valence-corrected chi connectivity index (χ2v) is 8.21. The molecule has 2 aromatic carbocycles. The summed E-state index contributed by atoms with van der Waals surface area (Å²) in [5, 5.41) is 0. The molecule has 0 spiro atoms. The third-order valence-electron chi connectivity index (χ3n) is 3.21. The minimum absolute atomic E-state index is 0.0265. The molecule has 0 atom stereocenters. The van der Waals surface area contributed by atoms with Crippen LogP contribution in [0.2, 0.25) is 0 Å². The van der Waals surface area contributed by atoms with E-state index >= 15 is 0 Å². The van der Waals surface area contributed by atoms with Gasteiger partial charge in [-0.2, -0.15) is 0 Å². The first kappa shape index (κ1) is 14.6. The second kappa shape index (κ2) is 7.09. The van der Waals surface area contributed by atoms with E-state index in [2.05, 4.69) is 69.3 Å². The number of benzene rings is 2. The maximum atomic E-state index is 2.31. The van der Waals surface area contributed by atoms with Crippen LogP contribution in [0.1, 0.15) is 44.2 Å². The molecule has 0 saturated carbocycles. The Morgan fingerprint density at radius 3 is 1.84 bits per heavy atom. The van der Waals surface area contributed by atoms with Gasteiger partial charge in [-0.1, -0.05) is 0 Å². The van der Waals surface area contributed by atoms with Gasteiger partial charge < -0.3 is 0 Å². The van der Waals surface area contributed by atoms with Gasteiger partial charge in [0.2, 0.25) is 0 Å². The molecule has 0 radical (unpaired) electrons. The van der Waals surface area contributed by atoms with Crippen LogP contribution in [0.3, 0.4) is 0 Å². The molecule has 0 aliphatic rings. The normalized spacial score (nSPS) is 11.2. The molecule has 2 aromatic rings. The van der Waals surface area contributed by atoms with Crippen LogP contribution in [0, 0.1) is 7.14 Å². The molecule has 0 nitrogen and oxygen atoms in total. The predicted octanol–water partition coefficient (Wildman–Crippen LogP) is 1.89. The number of rotatable bonds is 5. The molecule has 102 valence electrons. The van der Waals surface area contributed by atoms with Crippen LogP contribution in [0.25, 0.3) is 0 Å². The van der Waals surface area contributed by atoms with Gasteiger partial charge in [0.15, 0.2) is 0 Å². The zero-order valence-electron chi connectivity index (χ0n) is 12.0. The van der Waals surface area contributed by atoms with Gasteiger partial charge in [0.1, 0.15) is 0 Å². The summed E-state index contributed by atoms with van der Waals surface area (Å²) in [5.74, 6) is 0.626. The average molecular weight is 365 g/mol. The van der Waals surface area contributed by atoms with E-state index in [0.717, 1.165) is 0 Å². The Balaban J connectivity index is 2.04. The van der Waals surface area contributed by atoms with E-state index in [0.29, 0.717) is 5.92 Å². The summed E-state index contributed by atoms with van der Waals surface area (Å²) in [6.45, 7) is 6.73. The first-order valence-corrected chi connectivity index (χ1v) is 9.18. The Kier molecular flexibility index (Phi) is 5.44. The van der Waals surface area contributed by atoms with E-state index in [1.807, 2.05) is 0 Å². The van der Waals surface area contributed by atoms with Crippen molar-refractivity contribution in [1.29, 1.82) is 0 Å². The van der Waals surface area contributed by atoms with Gasteiger partial charge in [-0.05, 0) is 0 Å². The Morgan fingerprint density at radius 2 is 1.37 bits per heavy atom. The van der Waals surface area contributed by atoms with Gasteiger partial charge in [-0.3, -0.25) is 0 Å². The molecule has 0 heterocycles. The third-order valence-corrected chi connectivity index (χ3v) is 5.89. The third kappa shape index (κ3) is 4.34. The van der Waals surface area contributed by atoms with Crippen molar-refractivity contribution in [2.45, 2.75) is 39.5 Å². The first-order chi connectivity index (χ1) is 9.19. The van der Waals surface area contributed by atoms with Crippen molar-refractivity contribution < 1.29 is 21.2 Å². The molecule has 0 aromatic heterocycles. The summed E-state index contributed by atoms with van der Waals surface area (Å²) in [7, 11) is 0. The summed E-state index contributed by atoms with van der Waals surface area (Å²) in [4.78, 5) is 0. The summed E-state index contributed by atoms with van der Waals surface area (Å²) in [6, 6.07) is 18.4. The van der Waals surface area contributed by atoms with Gasteiger partial charge >= 0.3 is 128 Å². The summed E-state index contributed by atoms with van der Waals surface area (Å²) >= 11 is -0.0265. The Labute approximate surface area is 127 Å². The van der Waals surface area contributed by atoms with Crippen molar-refractivity contribution in [1.82, 2.24) is 0 Å². The summed E-state index contributed by atoms with van der Waals surface area (Å²) < 4.78 is 3.02. The molecular weight excluding hydrogens is 343 g/mol. The van der Waals surface area contributed by atoms with Crippen molar-refractivity contribution in [2.24, 2.45) is 0 Å². The first-order valence-electron chi connectivity index (χ1n) is 7.02. The van der Waals surface area contributed by atoms with Crippen molar-refractivity contribution in [3.63, 3.8) is 0 Å². The Morgan fingerprint density at radius 1 is 0.842 bits per heavy atom. The predicted molar refractivity (Wildman–Crippen MR) is 78.4 cm³/mol. The fourth-order valence-corrected chi connectivity index (χ4v) is 4.20. The molecule has 0 fully saturated rings. The van der Waals surface area contributed by atoms with Crippen LogP contribution in [-0.4, -0.2) is 0 Å². The molecular formula is C18H22I-. The molecule has 0 saturated heterocycles. The van der Waals surface area contributed by atoms with Crippen molar-refractivity contribution in [3.8, 4) is 0 Å². The summed E-state index contributed by atoms with van der Waals surface area (Å²) in [5.41, 5.74) is 2.90. The van der Waals surface area contributed by atoms with E-state index in [4.69, 9.17) is 0 Å². The fourth-order valence-electron chi connectivity index (χ4n) is 2.04. The topological polar surface area (TPSA) is 0 Å². The molecule has 0 aliphatic heterocycles. The molecule has 0 unspecified atom stereocenters. The van der Waals surface area contributed by atoms with E-state index < -0.39 is 0 Å². The summed E-state index contributed by atoms with van der Waals surface area (Å²) in [6.07, 6.45) is 2.42. The van der Waals surface area contributed by atoms with Gasteiger partial charge in [-0.15, -0.1) is 0 Å². The molecule has 2 rings (SSSR count). The van der Waals surface area contributed by atoms with E-state index in [9.17, 15) is 0 Å². The van der Waals surface area contributed by atoms with E-state index in [1.54, 1.807) is 0 Å². The van der Waals surface area contributed by atoms with Crippen LogP contribution >= 0.6 is 0 Å². The number of halogens is 1. The van der Waals surface area contributed by atoms with Crippen LogP contribution in [0.15, 0.2) is 48.5 Å². The fraction of sp³-hybridized carbons (Fsp3) is 0.333. The van der Waals surface area contributed by atoms with Crippen molar-refractivity contribution in [2.75, 3.05) is 0 Å². The van der Waals surface area contributed by atoms with Crippen LogP contribution < -0.4 is 21.2 Å². The van der Waals surface area contributed by atoms with Gasteiger partial charge in [0.25, 0.3) is 0 Å². The average Bonchev–Trinajstić information content (AvgIpc) is 2.42. The van der Waals surface area contributed by atoms with Gasteiger partial charge in [-0.25, -0.2) is 0 Å². The number of hydrogen-bond acceptors (Lipinski definition) is 0. The molecule has 0 N–H and O–H groups in total. The SMILES string of the molecule is CCCc1ccc([I-]c2ccc(C(C)C)cc2)cc1. The number of hydrogen-bond donors (Lipinski definition) is 0.